The van der Waals surface area contributed by atoms with Crippen molar-refractivity contribution >= 4 is 28.9 Å². The molecule has 24 heavy (non-hydrogen) atoms. The van der Waals surface area contributed by atoms with Crippen LogP contribution < -0.4 is 15.2 Å². The molecule has 2 aromatic carbocycles. The molecule has 3 aromatic rings. The van der Waals surface area contributed by atoms with E-state index in [1.807, 2.05) is 47.0 Å². The van der Waals surface area contributed by atoms with Gasteiger partial charge in [0.25, 0.3) is 0 Å². The molecule has 0 atom stereocenters. The van der Waals surface area contributed by atoms with Crippen molar-refractivity contribution in [2.24, 2.45) is 0 Å². The fourth-order valence-electron chi connectivity index (χ4n) is 2.69. The van der Waals surface area contributed by atoms with Crippen LogP contribution in [0, 0.1) is 4.77 Å². The quantitative estimate of drug-likeness (QED) is 0.718. The van der Waals surface area contributed by atoms with Crippen molar-refractivity contribution in [3.05, 3.63) is 52.8 Å². The molecule has 2 N–H and O–H groups in total. The second kappa shape index (κ2) is 6.88. The highest BCUT2D eigenvalue weighted by Crippen LogP contribution is 2.28. The van der Waals surface area contributed by atoms with E-state index in [9.17, 15) is 0 Å². The maximum absolute atomic E-state index is 6.30. The maximum Gasteiger partial charge on any atom is 0.201 e. The lowest BCUT2D eigenvalue weighted by Crippen LogP contribution is -2.11. The average Bonchev–Trinajstić information content (AvgIpc) is 2.61. The van der Waals surface area contributed by atoms with Crippen LogP contribution in [-0.4, -0.2) is 23.8 Å². The molecule has 0 saturated carbocycles. The summed E-state index contributed by atoms with van der Waals surface area (Å²) in [6.45, 7) is 0.651. The van der Waals surface area contributed by atoms with E-state index in [4.69, 9.17) is 27.4 Å². The third kappa shape index (κ3) is 3.05. The van der Waals surface area contributed by atoms with E-state index in [0.29, 0.717) is 28.6 Å². The predicted octanol–water partition coefficient (Wildman–Crippen LogP) is 3.61. The molecule has 0 unspecified atom stereocenters. The highest BCUT2D eigenvalue weighted by atomic mass is 32.1. The molecule has 6 heteroatoms. The molecular weight excluding hydrogens is 322 g/mol. The van der Waals surface area contributed by atoms with E-state index in [0.717, 1.165) is 22.9 Å². The molecule has 0 amide bonds. The molecule has 1 aromatic heterocycles. The van der Waals surface area contributed by atoms with Gasteiger partial charge in [0.15, 0.2) is 11.5 Å². The normalized spacial score (nSPS) is 10.8. The number of fused-ring (bicyclic) bond motifs is 1. The number of ether oxygens (including phenoxy) is 2. The first-order chi connectivity index (χ1) is 11.6. The third-order valence-electron chi connectivity index (χ3n) is 3.99. The zero-order chi connectivity index (χ0) is 17.1. The first-order valence-electron chi connectivity index (χ1n) is 7.60. The second-order valence-electron chi connectivity index (χ2n) is 5.39. The van der Waals surface area contributed by atoms with Gasteiger partial charge in [-0.15, -0.1) is 0 Å². The molecule has 0 aliphatic rings. The van der Waals surface area contributed by atoms with Crippen molar-refractivity contribution < 1.29 is 9.47 Å². The van der Waals surface area contributed by atoms with Gasteiger partial charge in [0.05, 0.1) is 19.7 Å². The Kier molecular flexibility index (Phi) is 4.66. The Hall–Kier alpha value is -2.60. The molecule has 0 aliphatic heterocycles. The van der Waals surface area contributed by atoms with Gasteiger partial charge < -0.3 is 19.8 Å². The Balaban J connectivity index is 1.90. The Labute approximate surface area is 145 Å². The standard InChI is InChI=1S/C18H19N3O2S/c1-22-15-8-7-12(11-16(15)23-2)9-10-21-17(19)13-5-3-4-6-14(13)20-18(21)24/h3-8,11H,9-10,19H2,1-2H3. The minimum Gasteiger partial charge on any atom is -0.493 e. The summed E-state index contributed by atoms with van der Waals surface area (Å²) in [7, 11) is 3.25. The summed E-state index contributed by atoms with van der Waals surface area (Å²) >= 11 is 5.40. The largest absolute Gasteiger partial charge is 0.493 e. The summed E-state index contributed by atoms with van der Waals surface area (Å²) in [5, 5.41) is 0.915. The van der Waals surface area contributed by atoms with Crippen LogP contribution in [0.5, 0.6) is 11.5 Å². The van der Waals surface area contributed by atoms with Crippen LogP contribution in [0.15, 0.2) is 42.5 Å². The van der Waals surface area contributed by atoms with Crippen molar-refractivity contribution in [3.63, 3.8) is 0 Å². The van der Waals surface area contributed by atoms with Crippen LogP contribution in [0.25, 0.3) is 10.9 Å². The highest BCUT2D eigenvalue weighted by Gasteiger charge is 2.08. The fraction of sp³-hybridized carbons (Fsp3) is 0.222. The van der Waals surface area contributed by atoms with Crippen LogP contribution in [-0.2, 0) is 13.0 Å². The molecule has 0 bridgehead atoms. The minimum absolute atomic E-state index is 0.492. The lowest BCUT2D eigenvalue weighted by molar-refractivity contribution is 0.354. The number of benzene rings is 2. The molecule has 0 aliphatic carbocycles. The first kappa shape index (κ1) is 16.3. The van der Waals surface area contributed by atoms with Crippen LogP contribution in [0.1, 0.15) is 5.56 Å². The van der Waals surface area contributed by atoms with E-state index in [2.05, 4.69) is 4.98 Å². The number of methoxy groups -OCH3 is 2. The number of hydrogen-bond donors (Lipinski definition) is 1. The molecule has 1 heterocycles. The molecule has 0 spiro atoms. The molecule has 0 saturated heterocycles. The van der Waals surface area contributed by atoms with Gasteiger partial charge in [0.1, 0.15) is 5.82 Å². The molecule has 0 fully saturated rings. The van der Waals surface area contributed by atoms with Crippen molar-refractivity contribution in [2.75, 3.05) is 20.0 Å². The molecule has 124 valence electrons. The van der Waals surface area contributed by atoms with Crippen LogP contribution in [0.3, 0.4) is 0 Å². The number of nitrogens with zero attached hydrogens (tertiary/aromatic N) is 2. The number of para-hydroxylation sites is 1. The summed E-state index contributed by atoms with van der Waals surface area (Å²) < 4.78 is 13.0. The van der Waals surface area contributed by atoms with Gasteiger partial charge in [-0.25, -0.2) is 4.98 Å². The van der Waals surface area contributed by atoms with E-state index in [1.165, 1.54) is 0 Å². The molecular formula is C18H19N3O2S. The third-order valence-corrected chi connectivity index (χ3v) is 4.30. The average molecular weight is 341 g/mol. The van der Waals surface area contributed by atoms with Gasteiger partial charge in [-0.3, -0.25) is 0 Å². The van der Waals surface area contributed by atoms with Crippen molar-refractivity contribution in [1.29, 1.82) is 0 Å². The lowest BCUT2D eigenvalue weighted by Gasteiger charge is -2.14. The first-order valence-corrected chi connectivity index (χ1v) is 8.01. The monoisotopic (exact) mass is 341 g/mol. The van der Waals surface area contributed by atoms with Gasteiger partial charge in [-0.2, -0.15) is 0 Å². The topological polar surface area (TPSA) is 62.3 Å². The second-order valence-corrected chi connectivity index (χ2v) is 5.75. The van der Waals surface area contributed by atoms with Gasteiger partial charge in [0.2, 0.25) is 4.77 Å². The summed E-state index contributed by atoms with van der Waals surface area (Å²) in [5.41, 5.74) is 8.23. The van der Waals surface area contributed by atoms with Crippen LogP contribution in [0.2, 0.25) is 0 Å². The highest BCUT2D eigenvalue weighted by molar-refractivity contribution is 7.71. The van der Waals surface area contributed by atoms with Crippen LogP contribution >= 0.6 is 12.2 Å². The number of anilines is 1. The molecule has 5 nitrogen and oxygen atoms in total. The van der Waals surface area contributed by atoms with E-state index < -0.39 is 0 Å². The van der Waals surface area contributed by atoms with E-state index in [1.54, 1.807) is 14.2 Å². The minimum atomic E-state index is 0.492. The van der Waals surface area contributed by atoms with Crippen LogP contribution in [0.4, 0.5) is 5.82 Å². The van der Waals surface area contributed by atoms with E-state index in [-0.39, 0.29) is 0 Å². The Morgan fingerprint density at radius 3 is 2.58 bits per heavy atom. The smallest absolute Gasteiger partial charge is 0.201 e. The summed E-state index contributed by atoms with van der Waals surface area (Å²) in [6, 6.07) is 13.6. The number of aryl methyl sites for hydroxylation is 1. The molecule has 3 rings (SSSR count). The number of rotatable bonds is 5. The van der Waals surface area contributed by atoms with Crippen molar-refractivity contribution in [2.45, 2.75) is 13.0 Å². The van der Waals surface area contributed by atoms with Gasteiger partial charge in [-0.1, -0.05) is 18.2 Å². The Bertz CT molecular complexity index is 937. The lowest BCUT2D eigenvalue weighted by atomic mass is 10.1. The van der Waals surface area contributed by atoms with Crippen molar-refractivity contribution in [1.82, 2.24) is 9.55 Å². The number of aromatic nitrogens is 2. The number of hydrogen-bond acceptors (Lipinski definition) is 5. The number of nitrogen functional groups attached to an aromatic ring is 1. The zero-order valence-electron chi connectivity index (χ0n) is 13.7. The van der Waals surface area contributed by atoms with Gasteiger partial charge in [-0.05, 0) is 48.5 Å². The van der Waals surface area contributed by atoms with Crippen molar-refractivity contribution in [3.8, 4) is 11.5 Å². The fourth-order valence-corrected chi connectivity index (χ4v) is 2.98. The Morgan fingerprint density at radius 1 is 1.08 bits per heavy atom. The maximum atomic E-state index is 6.30. The Morgan fingerprint density at radius 2 is 1.83 bits per heavy atom. The zero-order valence-corrected chi connectivity index (χ0v) is 14.5. The SMILES string of the molecule is COc1ccc(CCn2c(N)c3ccccc3nc2=S)cc1OC. The van der Waals surface area contributed by atoms with E-state index >= 15 is 0 Å². The van der Waals surface area contributed by atoms with Gasteiger partial charge in [0, 0.05) is 11.9 Å². The summed E-state index contributed by atoms with van der Waals surface area (Å²) in [5.74, 6) is 2.07. The summed E-state index contributed by atoms with van der Waals surface area (Å²) in [4.78, 5) is 4.46. The van der Waals surface area contributed by atoms with Gasteiger partial charge >= 0.3 is 0 Å². The predicted molar refractivity (Wildman–Crippen MR) is 98.2 cm³/mol. The summed E-state index contributed by atoms with van der Waals surface area (Å²) in [6.07, 6.45) is 0.763. The molecule has 0 radical (unpaired) electrons. The number of nitrogens with two attached hydrogens (primary N) is 1.